The summed E-state index contributed by atoms with van der Waals surface area (Å²) < 4.78 is 12.5. The van der Waals surface area contributed by atoms with Gasteiger partial charge in [0, 0.05) is 22.6 Å². The van der Waals surface area contributed by atoms with Crippen LogP contribution in [-0.4, -0.2) is 37.1 Å². The third-order valence-corrected chi connectivity index (χ3v) is 5.52. The molecule has 4 rings (SSSR count). The van der Waals surface area contributed by atoms with E-state index in [1.807, 2.05) is 30.3 Å². The molecule has 1 atom stereocenters. The zero-order chi connectivity index (χ0) is 18.6. The number of likely N-dealkylation sites (tertiary alicyclic amines) is 1. The molecule has 2 aliphatic rings. The van der Waals surface area contributed by atoms with Gasteiger partial charge in [-0.15, -0.1) is 0 Å². The number of carbonyl (C=O) groups excluding carboxylic acids is 1. The van der Waals surface area contributed by atoms with Crippen molar-refractivity contribution in [2.45, 2.75) is 25.3 Å². The third-order valence-electron chi connectivity index (χ3n) is 4.99. The number of nitrogens with zero attached hydrogens (tertiary/aromatic N) is 1. The van der Waals surface area contributed by atoms with Gasteiger partial charge in [0.2, 0.25) is 5.91 Å². The Morgan fingerprint density at radius 2 is 1.85 bits per heavy atom. The Bertz CT molecular complexity index is 810. The number of fused-ring (bicyclic) bond motifs is 1. The average Bonchev–Trinajstić information content (AvgIpc) is 2.99. The number of rotatable bonds is 4. The van der Waals surface area contributed by atoms with Crippen molar-refractivity contribution in [3.63, 3.8) is 0 Å². The molecule has 1 unspecified atom stereocenters. The summed E-state index contributed by atoms with van der Waals surface area (Å²) in [6.07, 6.45) is 3.03. The molecule has 1 saturated heterocycles. The second-order valence-electron chi connectivity index (χ2n) is 6.94. The van der Waals surface area contributed by atoms with Crippen LogP contribution in [0.2, 0.25) is 0 Å². The Balaban J connectivity index is 1.43. The molecular formula is C21H23BrN2O3. The van der Waals surface area contributed by atoms with E-state index < -0.39 is 0 Å². The molecule has 0 spiro atoms. The summed E-state index contributed by atoms with van der Waals surface area (Å²) in [6.45, 7) is 2.68. The summed E-state index contributed by atoms with van der Waals surface area (Å²) in [6, 6.07) is 14.0. The molecular weight excluding hydrogens is 408 g/mol. The van der Waals surface area contributed by atoms with Gasteiger partial charge in [-0.25, -0.2) is 0 Å². The molecule has 27 heavy (non-hydrogen) atoms. The summed E-state index contributed by atoms with van der Waals surface area (Å²) in [4.78, 5) is 14.7. The van der Waals surface area contributed by atoms with E-state index in [-0.39, 0.29) is 11.9 Å². The highest BCUT2D eigenvalue weighted by Crippen LogP contribution is 2.37. The first kappa shape index (κ1) is 18.3. The van der Waals surface area contributed by atoms with Gasteiger partial charge in [-0.1, -0.05) is 22.0 Å². The number of hydrogen-bond donors (Lipinski definition) is 1. The largest absolute Gasteiger partial charge is 0.490 e. The average molecular weight is 431 g/mol. The van der Waals surface area contributed by atoms with Crippen LogP contribution in [0.5, 0.6) is 11.5 Å². The predicted molar refractivity (Wildman–Crippen MR) is 108 cm³/mol. The van der Waals surface area contributed by atoms with Crippen molar-refractivity contribution < 1.29 is 14.3 Å². The van der Waals surface area contributed by atoms with Crippen molar-refractivity contribution in [3.05, 3.63) is 52.5 Å². The van der Waals surface area contributed by atoms with E-state index in [1.165, 1.54) is 5.56 Å². The Labute approximate surface area is 167 Å². The molecule has 1 N–H and O–H groups in total. The van der Waals surface area contributed by atoms with Crippen LogP contribution in [0.4, 0.5) is 5.69 Å². The minimum atomic E-state index is 0.0126. The number of hydrogen-bond acceptors (Lipinski definition) is 4. The van der Waals surface area contributed by atoms with Gasteiger partial charge in [0.25, 0.3) is 0 Å². The minimum Gasteiger partial charge on any atom is -0.490 e. The molecule has 0 saturated carbocycles. The summed E-state index contributed by atoms with van der Waals surface area (Å²) in [5.74, 6) is 1.64. The normalized spacial score (nSPS) is 19.5. The van der Waals surface area contributed by atoms with E-state index in [1.54, 1.807) is 0 Å². The maximum Gasteiger partial charge on any atom is 0.238 e. The predicted octanol–water partition coefficient (Wildman–Crippen LogP) is 4.39. The van der Waals surface area contributed by atoms with Gasteiger partial charge in [-0.3, -0.25) is 9.69 Å². The molecule has 0 bridgehead atoms. The van der Waals surface area contributed by atoms with Crippen molar-refractivity contribution in [1.29, 1.82) is 0 Å². The maximum absolute atomic E-state index is 12.5. The molecule has 0 aliphatic carbocycles. The fraction of sp³-hybridized carbons (Fsp3) is 0.381. The minimum absolute atomic E-state index is 0.0126. The quantitative estimate of drug-likeness (QED) is 0.781. The molecule has 1 amide bonds. The van der Waals surface area contributed by atoms with Crippen LogP contribution < -0.4 is 14.8 Å². The Morgan fingerprint density at radius 3 is 2.67 bits per heavy atom. The number of halogens is 1. The second kappa shape index (κ2) is 8.31. The summed E-state index contributed by atoms with van der Waals surface area (Å²) in [7, 11) is 0. The highest BCUT2D eigenvalue weighted by atomic mass is 79.9. The van der Waals surface area contributed by atoms with Crippen LogP contribution in [0.25, 0.3) is 0 Å². The number of carbonyl (C=O) groups is 1. The lowest BCUT2D eigenvalue weighted by Crippen LogP contribution is -2.32. The van der Waals surface area contributed by atoms with E-state index >= 15 is 0 Å². The fourth-order valence-corrected chi connectivity index (χ4v) is 3.96. The SMILES string of the molecule is O=C(CN1CCCC1c1ccc2c(c1)OCCCO2)Nc1ccc(Br)cc1. The standard InChI is InChI=1S/C21H23BrN2O3/c22-16-5-7-17(8-6-16)23-21(25)14-24-10-1-3-18(24)15-4-9-19-20(13-15)27-12-2-11-26-19/h4-9,13,18H,1-3,10-12,14H2,(H,23,25). The van der Waals surface area contributed by atoms with Crippen LogP contribution in [0.1, 0.15) is 30.9 Å². The summed E-state index contributed by atoms with van der Waals surface area (Å²) in [5.41, 5.74) is 2.00. The molecule has 0 radical (unpaired) electrons. The van der Waals surface area contributed by atoms with E-state index in [0.29, 0.717) is 19.8 Å². The van der Waals surface area contributed by atoms with Gasteiger partial charge >= 0.3 is 0 Å². The molecule has 2 aliphatic heterocycles. The molecule has 2 aromatic rings. The van der Waals surface area contributed by atoms with Gasteiger partial charge in [-0.05, 0) is 61.3 Å². The maximum atomic E-state index is 12.5. The molecule has 5 nitrogen and oxygen atoms in total. The third kappa shape index (κ3) is 4.45. The summed E-state index contributed by atoms with van der Waals surface area (Å²) in [5, 5.41) is 2.98. The van der Waals surface area contributed by atoms with Gasteiger partial charge in [-0.2, -0.15) is 0 Å². The molecule has 0 aromatic heterocycles. The van der Waals surface area contributed by atoms with Crippen LogP contribution >= 0.6 is 15.9 Å². The lowest BCUT2D eigenvalue weighted by atomic mass is 10.0. The monoisotopic (exact) mass is 430 g/mol. The summed E-state index contributed by atoms with van der Waals surface area (Å²) >= 11 is 3.41. The number of benzene rings is 2. The molecule has 2 aromatic carbocycles. The Kier molecular flexibility index (Phi) is 5.64. The van der Waals surface area contributed by atoms with Crippen molar-refractivity contribution in [2.24, 2.45) is 0 Å². The highest BCUT2D eigenvalue weighted by molar-refractivity contribution is 9.10. The fourth-order valence-electron chi connectivity index (χ4n) is 3.70. The molecule has 1 fully saturated rings. The van der Waals surface area contributed by atoms with Crippen molar-refractivity contribution in [2.75, 3.05) is 31.6 Å². The topological polar surface area (TPSA) is 50.8 Å². The zero-order valence-corrected chi connectivity index (χ0v) is 16.7. The van der Waals surface area contributed by atoms with E-state index in [2.05, 4.69) is 38.3 Å². The zero-order valence-electron chi connectivity index (χ0n) is 15.1. The second-order valence-corrected chi connectivity index (χ2v) is 7.86. The molecule has 142 valence electrons. The molecule has 2 heterocycles. The van der Waals surface area contributed by atoms with Crippen LogP contribution in [-0.2, 0) is 4.79 Å². The van der Waals surface area contributed by atoms with E-state index in [0.717, 1.165) is 47.5 Å². The van der Waals surface area contributed by atoms with Crippen LogP contribution in [0.3, 0.4) is 0 Å². The van der Waals surface area contributed by atoms with Crippen LogP contribution in [0, 0.1) is 0 Å². The number of nitrogens with one attached hydrogen (secondary N) is 1. The number of amides is 1. The van der Waals surface area contributed by atoms with Gasteiger partial charge in [0.1, 0.15) is 0 Å². The van der Waals surface area contributed by atoms with Crippen molar-refractivity contribution in [1.82, 2.24) is 4.90 Å². The first-order valence-corrected chi connectivity index (χ1v) is 10.2. The van der Waals surface area contributed by atoms with Gasteiger partial charge in [0.05, 0.1) is 19.8 Å². The number of ether oxygens (including phenoxy) is 2. The highest BCUT2D eigenvalue weighted by Gasteiger charge is 2.28. The first-order valence-electron chi connectivity index (χ1n) is 9.38. The van der Waals surface area contributed by atoms with Gasteiger partial charge in [0.15, 0.2) is 11.5 Å². The van der Waals surface area contributed by atoms with Crippen molar-refractivity contribution >= 4 is 27.5 Å². The lowest BCUT2D eigenvalue weighted by Gasteiger charge is -2.25. The van der Waals surface area contributed by atoms with E-state index in [4.69, 9.17) is 9.47 Å². The van der Waals surface area contributed by atoms with Crippen molar-refractivity contribution in [3.8, 4) is 11.5 Å². The Hall–Kier alpha value is -2.05. The van der Waals surface area contributed by atoms with E-state index in [9.17, 15) is 4.79 Å². The smallest absolute Gasteiger partial charge is 0.238 e. The number of anilines is 1. The lowest BCUT2D eigenvalue weighted by molar-refractivity contribution is -0.117. The van der Waals surface area contributed by atoms with Crippen LogP contribution in [0.15, 0.2) is 46.9 Å². The Morgan fingerprint density at radius 1 is 1.07 bits per heavy atom. The molecule has 6 heteroatoms. The van der Waals surface area contributed by atoms with Gasteiger partial charge < -0.3 is 14.8 Å². The first-order chi connectivity index (χ1) is 13.2.